The zero-order valence-corrected chi connectivity index (χ0v) is 13.8. The largest absolute Gasteiger partial charge is 0.374 e. The summed E-state index contributed by atoms with van der Waals surface area (Å²) in [5, 5.41) is 1.68. The molecule has 0 saturated carbocycles. The zero-order valence-electron chi connectivity index (χ0n) is 11.2. The number of aromatic nitrogens is 1. The van der Waals surface area contributed by atoms with Crippen LogP contribution in [-0.4, -0.2) is 12.5 Å². The fourth-order valence-electron chi connectivity index (χ4n) is 1.95. The summed E-state index contributed by atoms with van der Waals surface area (Å²) in [5.41, 5.74) is 1.35. The molecule has 0 atom stereocenters. The average Bonchev–Trinajstić information content (AvgIpc) is 2.58. The van der Waals surface area contributed by atoms with Crippen molar-refractivity contribution >= 4 is 35.1 Å². The Balaban J connectivity index is 2.68. The van der Waals surface area contributed by atoms with Gasteiger partial charge in [0, 0.05) is 9.99 Å². The Hall–Kier alpha value is -0.543. The summed E-state index contributed by atoms with van der Waals surface area (Å²) in [6, 6.07) is 8.75. The van der Waals surface area contributed by atoms with Gasteiger partial charge in [0.1, 0.15) is 0 Å². The van der Waals surface area contributed by atoms with Crippen molar-refractivity contribution in [3.05, 3.63) is 34.9 Å². The Morgan fingerprint density at radius 3 is 2.35 bits per heavy atom. The van der Waals surface area contributed by atoms with E-state index in [2.05, 4.69) is 84.5 Å². The molecule has 2 aromatic rings. The summed E-state index contributed by atoms with van der Waals surface area (Å²) in [5.74, 6) is 0. The molecule has 0 aliphatic heterocycles. The Labute approximate surface area is 113 Å². The maximum atomic E-state index is 3.57. The molecule has 0 aliphatic rings. The number of hydrogen-bond acceptors (Lipinski definition) is 0. The second-order valence-corrected chi connectivity index (χ2v) is 12.2. The van der Waals surface area contributed by atoms with Gasteiger partial charge in [0.2, 0.25) is 0 Å². The summed E-state index contributed by atoms with van der Waals surface area (Å²) in [6.45, 7) is 11.9. The predicted molar refractivity (Wildman–Crippen MR) is 82.2 cm³/mol. The maximum absolute atomic E-state index is 3.57. The van der Waals surface area contributed by atoms with E-state index in [-0.39, 0.29) is 0 Å². The van der Waals surface area contributed by atoms with Crippen molar-refractivity contribution in [2.75, 3.05) is 0 Å². The van der Waals surface area contributed by atoms with E-state index in [4.69, 9.17) is 0 Å². The molecule has 0 fully saturated rings. The molecule has 2 rings (SSSR count). The highest BCUT2D eigenvalue weighted by atomic mass is 79.9. The molecule has 0 spiro atoms. The van der Waals surface area contributed by atoms with E-state index in [0.29, 0.717) is 5.04 Å². The van der Waals surface area contributed by atoms with Crippen molar-refractivity contribution in [2.45, 2.75) is 38.9 Å². The average molecular weight is 310 g/mol. The summed E-state index contributed by atoms with van der Waals surface area (Å²) in [7, 11) is -1.52. The SMILES string of the molecule is CC(C)(C)[Si](C)(C)n1ccc2ccc(Br)cc21. The number of rotatable bonds is 1. The summed E-state index contributed by atoms with van der Waals surface area (Å²) in [6.07, 6.45) is 2.26. The molecule has 0 unspecified atom stereocenters. The third kappa shape index (κ3) is 2.11. The summed E-state index contributed by atoms with van der Waals surface area (Å²) < 4.78 is 3.68. The van der Waals surface area contributed by atoms with Gasteiger partial charge in [0.15, 0.2) is 8.24 Å². The van der Waals surface area contributed by atoms with Crippen molar-refractivity contribution in [3.63, 3.8) is 0 Å². The minimum Gasteiger partial charge on any atom is -0.374 e. The van der Waals surface area contributed by atoms with Gasteiger partial charge in [-0.2, -0.15) is 0 Å². The minimum absolute atomic E-state index is 0.348. The molecule has 0 radical (unpaired) electrons. The van der Waals surface area contributed by atoms with Crippen LogP contribution in [0.15, 0.2) is 34.9 Å². The molecular formula is C14H20BrNSi. The highest BCUT2D eigenvalue weighted by Gasteiger charge is 2.37. The van der Waals surface area contributed by atoms with E-state index in [0.717, 1.165) is 4.47 Å². The number of fused-ring (bicyclic) bond motifs is 1. The topological polar surface area (TPSA) is 4.93 Å². The number of halogens is 1. The quantitative estimate of drug-likeness (QED) is 0.633. The van der Waals surface area contributed by atoms with E-state index in [1.807, 2.05) is 0 Å². The van der Waals surface area contributed by atoms with Crippen molar-refractivity contribution in [1.29, 1.82) is 0 Å². The second-order valence-electron chi connectivity index (χ2n) is 6.20. The number of nitrogens with zero attached hydrogens (tertiary/aromatic N) is 1. The van der Waals surface area contributed by atoms with Crippen LogP contribution in [0.4, 0.5) is 0 Å². The summed E-state index contributed by atoms with van der Waals surface area (Å²) in [4.78, 5) is 0. The maximum Gasteiger partial charge on any atom is 0.161 e. The first-order chi connectivity index (χ1) is 7.73. The molecule has 0 bridgehead atoms. The highest BCUT2D eigenvalue weighted by molar-refractivity contribution is 9.10. The standard InChI is InChI=1S/C14H20BrNSi/c1-14(2,3)17(4,5)16-9-8-11-6-7-12(15)10-13(11)16/h6-10H,1-5H3. The van der Waals surface area contributed by atoms with Gasteiger partial charge in [-0.05, 0) is 34.8 Å². The Bertz CT molecular complexity index is 549. The molecule has 17 heavy (non-hydrogen) atoms. The first kappa shape index (κ1) is 12.9. The van der Waals surface area contributed by atoms with Gasteiger partial charge >= 0.3 is 0 Å². The normalized spacial score (nSPS) is 13.3. The summed E-state index contributed by atoms with van der Waals surface area (Å²) >= 11 is 3.57. The van der Waals surface area contributed by atoms with E-state index >= 15 is 0 Å². The Morgan fingerprint density at radius 1 is 1.12 bits per heavy atom. The molecule has 3 heteroatoms. The third-order valence-electron chi connectivity index (χ3n) is 4.09. The van der Waals surface area contributed by atoms with Crippen LogP contribution in [0.1, 0.15) is 20.8 Å². The molecule has 1 aromatic carbocycles. The molecule has 1 heterocycles. The Kier molecular flexibility index (Phi) is 3.03. The van der Waals surface area contributed by atoms with Crippen LogP contribution in [0.3, 0.4) is 0 Å². The van der Waals surface area contributed by atoms with Crippen LogP contribution in [0.2, 0.25) is 18.1 Å². The zero-order chi connectivity index (χ0) is 12.8. The number of benzene rings is 1. The van der Waals surface area contributed by atoms with Crippen LogP contribution in [0.25, 0.3) is 10.9 Å². The first-order valence-corrected chi connectivity index (χ1v) is 9.74. The van der Waals surface area contributed by atoms with Crippen LogP contribution in [0.5, 0.6) is 0 Å². The van der Waals surface area contributed by atoms with Gasteiger partial charge in [0.05, 0.1) is 0 Å². The Morgan fingerprint density at radius 2 is 1.76 bits per heavy atom. The van der Waals surface area contributed by atoms with Gasteiger partial charge < -0.3 is 4.23 Å². The van der Waals surface area contributed by atoms with E-state index in [1.165, 1.54) is 10.9 Å². The lowest BCUT2D eigenvalue weighted by atomic mass is 10.2. The lowest BCUT2D eigenvalue weighted by molar-refractivity contribution is 0.703. The highest BCUT2D eigenvalue weighted by Crippen LogP contribution is 2.39. The first-order valence-electron chi connectivity index (χ1n) is 6.00. The van der Waals surface area contributed by atoms with Crippen molar-refractivity contribution < 1.29 is 0 Å². The van der Waals surface area contributed by atoms with Crippen molar-refractivity contribution in [1.82, 2.24) is 4.23 Å². The molecule has 1 nitrogen and oxygen atoms in total. The number of hydrogen-bond donors (Lipinski definition) is 0. The van der Waals surface area contributed by atoms with Crippen molar-refractivity contribution in [2.24, 2.45) is 0 Å². The molecule has 92 valence electrons. The fraction of sp³-hybridized carbons (Fsp3) is 0.429. The minimum atomic E-state index is -1.52. The molecular weight excluding hydrogens is 290 g/mol. The van der Waals surface area contributed by atoms with Gasteiger partial charge in [-0.3, -0.25) is 0 Å². The van der Waals surface area contributed by atoms with Crippen LogP contribution >= 0.6 is 15.9 Å². The second kappa shape index (κ2) is 3.99. The monoisotopic (exact) mass is 309 g/mol. The van der Waals surface area contributed by atoms with Crippen LogP contribution < -0.4 is 0 Å². The molecule has 0 amide bonds. The predicted octanol–water partition coefficient (Wildman–Crippen LogP) is 5.26. The van der Waals surface area contributed by atoms with E-state index in [1.54, 1.807) is 0 Å². The smallest absolute Gasteiger partial charge is 0.161 e. The van der Waals surface area contributed by atoms with Crippen molar-refractivity contribution in [3.8, 4) is 0 Å². The van der Waals surface area contributed by atoms with Gasteiger partial charge in [0.25, 0.3) is 0 Å². The fourth-order valence-corrected chi connectivity index (χ4v) is 4.27. The molecule has 0 aliphatic carbocycles. The van der Waals surface area contributed by atoms with E-state index < -0.39 is 8.24 Å². The van der Waals surface area contributed by atoms with E-state index in [9.17, 15) is 0 Å². The lowest BCUT2D eigenvalue weighted by Gasteiger charge is -2.38. The van der Waals surface area contributed by atoms with Crippen LogP contribution in [0, 0.1) is 0 Å². The van der Waals surface area contributed by atoms with Gasteiger partial charge in [-0.15, -0.1) is 0 Å². The van der Waals surface area contributed by atoms with Gasteiger partial charge in [-0.1, -0.05) is 55.9 Å². The molecule has 1 aromatic heterocycles. The lowest BCUT2D eigenvalue weighted by Crippen LogP contribution is -2.44. The third-order valence-corrected chi connectivity index (χ3v) is 9.85. The molecule has 0 N–H and O–H groups in total. The molecule has 0 saturated heterocycles. The van der Waals surface area contributed by atoms with Crippen LogP contribution in [-0.2, 0) is 0 Å². The van der Waals surface area contributed by atoms with Gasteiger partial charge in [-0.25, -0.2) is 0 Å².